The second-order valence-corrected chi connectivity index (χ2v) is 5.96. The molecule has 1 amide bonds. The molecule has 3 aromatic rings. The van der Waals surface area contributed by atoms with Crippen LogP contribution in [0.15, 0.2) is 23.6 Å². The number of para-hydroxylation sites is 1. The molecule has 126 valence electrons. The fraction of sp³-hybridized carbons (Fsp3) is 0.312. The van der Waals surface area contributed by atoms with Gasteiger partial charge in [0.25, 0.3) is 5.91 Å². The third-order valence-electron chi connectivity index (χ3n) is 3.57. The largest absolute Gasteiger partial charge is 0.493 e. The average Bonchev–Trinajstić information content (AvgIpc) is 3.13. The Kier molecular flexibility index (Phi) is 4.66. The second kappa shape index (κ2) is 6.88. The van der Waals surface area contributed by atoms with Crippen LogP contribution in [0.3, 0.4) is 0 Å². The van der Waals surface area contributed by atoms with Crippen LogP contribution in [0.4, 0.5) is 0 Å². The zero-order valence-corrected chi connectivity index (χ0v) is 14.5. The highest BCUT2D eigenvalue weighted by molar-refractivity contribution is 7.15. The number of ether oxygens (including phenoxy) is 2. The van der Waals surface area contributed by atoms with Gasteiger partial charge in [0, 0.05) is 18.3 Å². The van der Waals surface area contributed by atoms with Crippen LogP contribution in [0.2, 0.25) is 0 Å². The number of hydrogen-bond acceptors (Lipinski definition) is 6. The van der Waals surface area contributed by atoms with E-state index in [0.29, 0.717) is 30.0 Å². The van der Waals surface area contributed by atoms with Crippen molar-refractivity contribution in [2.45, 2.75) is 13.3 Å². The standard InChI is InChI=1S/C16H18N4O3S/c1-10-18-16-20(19-10)11(9-24-16)7-8-17-15(21)12-5-4-6-13(22-2)14(12)23-3/h4-6,9H,7-8H2,1-3H3,(H,17,21). The summed E-state index contributed by atoms with van der Waals surface area (Å²) in [6.45, 7) is 2.35. The van der Waals surface area contributed by atoms with E-state index in [9.17, 15) is 4.79 Å². The quantitative estimate of drug-likeness (QED) is 0.739. The normalized spacial score (nSPS) is 10.8. The molecule has 2 aromatic heterocycles. The number of nitrogens with zero attached hydrogens (tertiary/aromatic N) is 3. The summed E-state index contributed by atoms with van der Waals surface area (Å²) in [4.78, 5) is 17.6. The van der Waals surface area contributed by atoms with E-state index in [2.05, 4.69) is 15.4 Å². The zero-order valence-electron chi connectivity index (χ0n) is 13.7. The van der Waals surface area contributed by atoms with E-state index in [-0.39, 0.29) is 5.91 Å². The van der Waals surface area contributed by atoms with Gasteiger partial charge in [-0.2, -0.15) is 5.10 Å². The van der Waals surface area contributed by atoms with E-state index in [4.69, 9.17) is 9.47 Å². The number of aromatic nitrogens is 3. The van der Waals surface area contributed by atoms with Crippen molar-refractivity contribution >= 4 is 22.2 Å². The smallest absolute Gasteiger partial charge is 0.255 e. The fourth-order valence-electron chi connectivity index (χ4n) is 2.46. The van der Waals surface area contributed by atoms with Crippen molar-refractivity contribution in [3.8, 4) is 11.5 Å². The van der Waals surface area contributed by atoms with Crippen LogP contribution in [0, 0.1) is 6.92 Å². The van der Waals surface area contributed by atoms with E-state index in [0.717, 1.165) is 16.5 Å². The Morgan fingerprint density at radius 1 is 1.33 bits per heavy atom. The van der Waals surface area contributed by atoms with Crippen LogP contribution in [-0.2, 0) is 6.42 Å². The molecule has 0 aliphatic rings. The van der Waals surface area contributed by atoms with E-state index in [1.807, 2.05) is 16.8 Å². The number of carbonyl (C=O) groups is 1. The first-order chi connectivity index (χ1) is 11.6. The van der Waals surface area contributed by atoms with Crippen LogP contribution >= 0.6 is 11.3 Å². The van der Waals surface area contributed by atoms with Crippen molar-refractivity contribution < 1.29 is 14.3 Å². The van der Waals surface area contributed by atoms with Gasteiger partial charge in [-0.3, -0.25) is 4.79 Å². The van der Waals surface area contributed by atoms with Crippen LogP contribution in [-0.4, -0.2) is 41.3 Å². The number of benzene rings is 1. The van der Waals surface area contributed by atoms with Gasteiger partial charge in [0.05, 0.1) is 25.5 Å². The molecule has 0 atom stereocenters. The summed E-state index contributed by atoms with van der Waals surface area (Å²) in [6.07, 6.45) is 0.667. The molecule has 2 heterocycles. The maximum atomic E-state index is 12.4. The highest BCUT2D eigenvalue weighted by Crippen LogP contribution is 2.30. The van der Waals surface area contributed by atoms with Crippen LogP contribution in [0.5, 0.6) is 11.5 Å². The molecule has 0 radical (unpaired) electrons. The van der Waals surface area contributed by atoms with Gasteiger partial charge in [-0.05, 0) is 19.1 Å². The lowest BCUT2D eigenvalue weighted by Crippen LogP contribution is -2.26. The molecule has 0 aliphatic heterocycles. The Labute approximate surface area is 143 Å². The van der Waals surface area contributed by atoms with Gasteiger partial charge < -0.3 is 14.8 Å². The maximum absolute atomic E-state index is 12.4. The summed E-state index contributed by atoms with van der Waals surface area (Å²) in [5, 5.41) is 9.26. The summed E-state index contributed by atoms with van der Waals surface area (Å²) in [5.41, 5.74) is 1.47. The van der Waals surface area contributed by atoms with Gasteiger partial charge in [0.1, 0.15) is 5.82 Å². The fourth-order valence-corrected chi connectivity index (χ4v) is 3.36. The SMILES string of the molecule is COc1cccc(C(=O)NCCc2csc3nc(C)nn23)c1OC. The van der Waals surface area contributed by atoms with Gasteiger partial charge in [-0.1, -0.05) is 6.07 Å². The molecule has 1 N–H and O–H groups in total. The third-order valence-corrected chi connectivity index (χ3v) is 4.44. The first kappa shape index (κ1) is 16.3. The molecule has 7 nitrogen and oxygen atoms in total. The number of hydrogen-bond donors (Lipinski definition) is 1. The number of amides is 1. The van der Waals surface area contributed by atoms with Crippen LogP contribution < -0.4 is 14.8 Å². The molecule has 0 unspecified atom stereocenters. The van der Waals surface area contributed by atoms with Crippen molar-refractivity contribution in [1.29, 1.82) is 0 Å². The molecule has 8 heteroatoms. The summed E-state index contributed by atoms with van der Waals surface area (Å²) in [6, 6.07) is 5.22. The minimum Gasteiger partial charge on any atom is -0.493 e. The molecule has 0 saturated carbocycles. The molecule has 0 spiro atoms. The van der Waals surface area contributed by atoms with Crippen molar-refractivity contribution in [1.82, 2.24) is 19.9 Å². The highest BCUT2D eigenvalue weighted by atomic mass is 32.1. The number of fused-ring (bicyclic) bond motifs is 1. The summed E-state index contributed by atoms with van der Waals surface area (Å²) >= 11 is 1.54. The Morgan fingerprint density at radius 3 is 2.92 bits per heavy atom. The molecule has 24 heavy (non-hydrogen) atoms. The van der Waals surface area contributed by atoms with Crippen molar-refractivity contribution in [3.05, 3.63) is 40.7 Å². The first-order valence-electron chi connectivity index (χ1n) is 7.43. The van der Waals surface area contributed by atoms with E-state index in [1.165, 1.54) is 7.11 Å². The minimum atomic E-state index is -0.202. The molecule has 3 rings (SSSR count). The molecule has 0 saturated heterocycles. The van der Waals surface area contributed by atoms with E-state index >= 15 is 0 Å². The lowest BCUT2D eigenvalue weighted by Gasteiger charge is -2.12. The zero-order chi connectivity index (χ0) is 17.1. The van der Waals surface area contributed by atoms with Crippen molar-refractivity contribution in [2.75, 3.05) is 20.8 Å². The minimum absolute atomic E-state index is 0.202. The number of methoxy groups -OCH3 is 2. The second-order valence-electron chi connectivity index (χ2n) is 5.13. The Bertz CT molecular complexity index is 871. The van der Waals surface area contributed by atoms with Gasteiger partial charge in [0.15, 0.2) is 11.5 Å². The lowest BCUT2D eigenvalue weighted by atomic mass is 10.1. The van der Waals surface area contributed by atoms with E-state index in [1.54, 1.807) is 36.6 Å². The van der Waals surface area contributed by atoms with Gasteiger partial charge in [-0.15, -0.1) is 11.3 Å². The Hall–Kier alpha value is -2.61. The first-order valence-corrected chi connectivity index (χ1v) is 8.31. The number of aryl methyl sites for hydroxylation is 1. The molecular weight excluding hydrogens is 328 g/mol. The predicted octanol–water partition coefficient (Wildman–Crippen LogP) is 2.09. The van der Waals surface area contributed by atoms with Gasteiger partial charge in [0.2, 0.25) is 4.96 Å². The Balaban J connectivity index is 1.68. The molecule has 1 aromatic carbocycles. The number of carbonyl (C=O) groups excluding carboxylic acids is 1. The third kappa shape index (κ3) is 3.05. The van der Waals surface area contributed by atoms with Crippen molar-refractivity contribution in [2.24, 2.45) is 0 Å². The Morgan fingerprint density at radius 2 is 2.17 bits per heavy atom. The topological polar surface area (TPSA) is 77.8 Å². The summed E-state index contributed by atoms with van der Waals surface area (Å²) in [5.74, 6) is 1.50. The summed E-state index contributed by atoms with van der Waals surface area (Å²) in [7, 11) is 3.06. The average molecular weight is 346 g/mol. The molecule has 0 aliphatic carbocycles. The van der Waals surface area contributed by atoms with Gasteiger partial charge >= 0.3 is 0 Å². The maximum Gasteiger partial charge on any atom is 0.255 e. The monoisotopic (exact) mass is 346 g/mol. The highest BCUT2D eigenvalue weighted by Gasteiger charge is 2.16. The van der Waals surface area contributed by atoms with Gasteiger partial charge in [-0.25, -0.2) is 9.50 Å². The number of rotatable bonds is 6. The number of thiazole rings is 1. The van der Waals surface area contributed by atoms with Crippen LogP contribution in [0.25, 0.3) is 4.96 Å². The van der Waals surface area contributed by atoms with Crippen LogP contribution in [0.1, 0.15) is 21.9 Å². The number of nitrogens with one attached hydrogen (secondary N) is 1. The van der Waals surface area contributed by atoms with E-state index < -0.39 is 0 Å². The lowest BCUT2D eigenvalue weighted by molar-refractivity contribution is 0.0950. The summed E-state index contributed by atoms with van der Waals surface area (Å²) < 4.78 is 12.3. The molecule has 0 bridgehead atoms. The van der Waals surface area contributed by atoms with Crippen molar-refractivity contribution in [3.63, 3.8) is 0 Å². The predicted molar refractivity (Wildman–Crippen MR) is 91.2 cm³/mol. The molecular formula is C16H18N4O3S. The molecule has 0 fully saturated rings.